The van der Waals surface area contributed by atoms with Gasteiger partial charge in [-0.05, 0) is 37.1 Å². The summed E-state index contributed by atoms with van der Waals surface area (Å²) in [5.74, 6) is 0. The standard InChI is InChI=1S/C15H18N2O3S/c1-20-11-12-5-4-10-17(12)21(18,19)15-8-2-7-14-13(15)6-3-9-16-14/h2-3,6-9,12H,4-5,10-11H2,1H3/t12-/m0/s1. The van der Waals surface area contributed by atoms with Gasteiger partial charge in [0.15, 0.2) is 0 Å². The van der Waals surface area contributed by atoms with E-state index in [-0.39, 0.29) is 6.04 Å². The van der Waals surface area contributed by atoms with Crippen LogP contribution in [0.4, 0.5) is 0 Å². The first kappa shape index (κ1) is 14.4. The minimum Gasteiger partial charge on any atom is -0.383 e. The van der Waals surface area contributed by atoms with Crippen molar-refractivity contribution in [2.45, 2.75) is 23.8 Å². The maximum absolute atomic E-state index is 13.0. The third-order valence-electron chi connectivity index (χ3n) is 3.87. The summed E-state index contributed by atoms with van der Waals surface area (Å²) in [6, 6.07) is 8.71. The fourth-order valence-electron chi connectivity index (χ4n) is 2.91. The van der Waals surface area contributed by atoms with E-state index < -0.39 is 10.0 Å². The Hall–Kier alpha value is -1.50. The van der Waals surface area contributed by atoms with Crippen molar-refractivity contribution in [3.63, 3.8) is 0 Å². The summed E-state index contributed by atoms with van der Waals surface area (Å²) in [7, 11) is -1.92. The fraction of sp³-hybridized carbons (Fsp3) is 0.400. The predicted molar refractivity (Wildman–Crippen MR) is 80.5 cm³/mol. The topological polar surface area (TPSA) is 59.5 Å². The second-order valence-electron chi connectivity index (χ2n) is 5.19. The van der Waals surface area contributed by atoms with Crippen LogP contribution >= 0.6 is 0 Å². The van der Waals surface area contributed by atoms with Gasteiger partial charge < -0.3 is 4.74 Å². The Morgan fingerprint density at radius 2 is 2.19 bits per heavy atom. The second-order valence-corrected chi connectivity index (χ2v) is 7.05. The summed E-state index contributed by atoms with van der Waals surface area (Å²) in [5, 5.41) is 0.670. The third-order valence-corrected chi connectivity index (χ3v) is 5.88. The van der Waals surface area contributed by atoms with Crippen LogP contribution < -0.4 is 0 Å². The first-order valence-corrected chi connectivity index (χ1v) is 8.43. The van der Waals surface area contributed by atoms with E-state index >= 15 is 0 Å². The molecule has 1 aromatic heterocycles. The number of fused-ring (bicyclic) bond motifs is 1. The van der Waals surface area contributed by atoms with Gasteiger partial charge in [-0.1, -0.05) is 6.07 Å². The number of benzene rings is 1. The predicted octanol–water partition coefficient (Wildman–Crippen LogP) is 2.03. The van der Waals surface area contributed by atoms with E-state index in [2.05, 4.69) is 4.98 Å². The number of rotatable bonds is 4. The van der Waals surface area contributed by atoms with Crippen LogP contribution in [0.25, 0.3) is 10.9 Å². The summed E-state index contributed by atoms with van der Waals surface area (Å²) in [5.41, 5.74) is 0.695. The molecule has 0 N–H and O–H groups in total. The molecule has 3 rings (SSSR count). The Bertz CT molecular complexity index is 740. The zero-order valence-electron chi connectivity index (χ0n) is 11.9. The summed E-state index contributed by atoms with van der Waals surface area (Å²) in [6.07, 6.45) is 3.38. The highest BCUT2D eigenvalue weighted by Crippen LogP contribution is 2.29. The highest BCUT2D eigenvalue weighted by molar-refractivity contribution is 7.89. The Kier molecular flexibility index (Phi) is 3.93. The number of pyridine rings is 1. The molecule has 112 valence electrons. The molecule has 1 aliphatic heterocycles. The SMILES string of the molecule is COC[C@@H]1CCCN1S(=O)(=O)c1cccc2ncccc12. The highest BCUT2D eigenvalue weighted by Gasteiger charge is 2.35. The van der Waals surface area contributed by atoms with Crippen molar-refractivity contribution in [3.05, 3.63) is 36.5 Å². The molecule has 1 aliphatic rings. The van der Waals surface area contributed by atoms with Crippen LogP contribution in [0.15, 0.2) is 41.4 Å². The number of ether oxygens (including phenoxy) is 1. The van der Waals surface area contributed by atoms with Crippen LogP contribution in [0.1, 0.15) is 12.8 Å². The number of aromatic nitrogens is 1. The van der Waals surface area contributed by atoms with Crippen molar-refractivity contribution < 1.29 is 13.2 Å². The lowest BCUT2D eigenvalue weighted by atomic mass is 10.2. The zero-order valence-corrected chi connectivity index (χ0v) is 12.7. The largest absolute Gasteiger partial charge is 0.383 e. The molecular formula is C15H18N2O3S. The van der Waals surface area contributed by atoms with Gasteiger partial charge in [0.25, 0.3) is 0 Å². The van der Waals surface area contributed by atoms with E-state index in [9.17, 15) is 8.42 Å². The molecule has 21 heavy (non-hydrogen) atoms. The molecule has 1 atom stereocenters. The van der Waals surface area contributed by atoms with E-state index in [4.69, 9.17) is 4.74 Å². The summed E-state index contributed by atoms with van der Waals surface area (Å²) >= 11 is 0. The molecule has 0 unspecified atom stereocenters. The smallest absolute Gasteiger partial charge is 0.244 e. The molecule has 2 heterocycles. The molecule has 0 bridgehead atoms. The van der Waals surface area contributed by atoms with Gasteiger partial charge in [0.2, 0.25) is 10.0 Å². The number of hydrogen-bond acceptors (Lipinski definition) is 4. The van der Waals surface area contributed by atoms with Gasteiger partial charge in [-0.25, -0.2) is 8.42 Å². The maximum atomic E-state index is 13.0. The summed E-state index contributed by atoms with van der Waals surface area (Å²) < 4.78 is 32.7. The van der Waals surface area contributed by atoms with E-state index in [0.29, 0.717) is 29.0 Å². The van der Waals surface area contributed by atoms with E-state index in [1.807, 2.05) is 6.07 Å². The number of nitrogens with zero attached hydrogens (tertiary/aromatic N) is 2. The fourth-order valence-corrected chi connectivity index (χ4v) is 4.79. The zero-order chi connectivity index (χ0) is 14.9. The van der Waals surface area contributed by atoms with Gasteiger partial charge >= 0.3 is 0 Å². The van der Waals surface area contributed by atoms with Crippen molar-refractivity contribution in [1.29, 1.82) is 0 Å². The van der Waals surface area contributed by atoms with Crippen molar-refractivity contribution in [2.75, 3.05) is 20.3 Å². The summed E-state index contributed by atoms with van der Waals surface area (Å²) in [4.78, 5) is 4.56. The van der Waals surface area contributed by atoms with Crippen LogP contribution in [-0.2, 0) is 14.8 Å². The highest BCUT2D eigenvalue weighted by atomic mass is 32.2. The van der Waals surface area contributed by atoms with Crippen molar-refractivity contribution in [3.8, 4) is 0 Å². The van der Waals surface area contributed by atoms with Crippen LogP contribution in [0, 0.1) is 0 Å². The second kappa shape index (κ2) is 5.71. The van der Waals surface area contributed by atoms with Gasteiger partial charge in [0.1, 0.15) is 0 Å². The first-order valence-electron chi connectivity index (χ1n) is 6.99. The van der Waals surface area contributed by atoms with Crippen molar-refractivity contribution >= 4 is 20.9 Å². The van der Waals surface area contributed by atoms with Crippen molar-refractivity contribution in [2.24, 2.45) is 0 Å². The molecule has 1 saturated heterocycles. The lowest BCUT2D eigenvalue weighted by molar-refractivity contribution is 0.149. The molecule has 0 saturated carbocycles. The van der Waals surface area contributed by atoms with Gasteiger partial charge in [0.05, 0.1) is 17.0 Å². The lowest BCUT2D eigenvalue weighted by Crippen LogP contribution is -2.38. The minimum atomic E-state index is -3.52. The molecule has 0 aliphatic carbocycles. The number of hydrogen-bond donors (Lipinski definition) is 0. The minimum absolute atomic E-state index is 0.0769. The quantitative estimate of drug-likeness (QED) is 0.867. The number of methoxy groups -OCH3 is 1. The van der Waals surface area contributed by atoms with Gasteiger partial charge in [-0.15, -0.1) is 0 Å². The van der Waals surface area contributed by atoms with Gasteiger partial charge in [0, 0.05) is 31.3 Å². The molecule has 2 aromatic rings. The molecule has 6 heteroatoms. The Morgan fingerprint density at radius 3 is 3.00 bits per heavy atom. The number of sulfonamides is 1. The monoisotopic (exact) mass is 306 g/mol. The van der Waals surface area contributed by atoms with Crippen molar-refractivity contribution in [1.82, 2.24) is 9.29 Å². The molecule has 1 aromatic carbocycles. The average Bonchev–Trinajstić information content (AvgIpc) is 2.96. The molecule has 0 amide bonds. The van der Waals surface area contributed by atoms with Crippen LogP contribution in [0.2, 0.25) is 0 Å². The summed E-state index contributed by atoms with van der Waals surface area (Å²) in [6.45, 7) is 0.981. The van der Waals surface area contributed by atoms with Crippen LogP contribution in [-0.4, -0.2) is 44.0 Å². The molecule has 0 radical (unpaired) electrons. The molecular weight excluding hydrogens is 288 g/mol. The Balaban J connectivity index is 2.08. The Labute approximate surface area is 124 Å². The van der Waals surface area contributed by atoms with E-state index in [1.165, 1.54) is 0 Å². The first-order chi connectivity index (χ1) is 10.1. The maximum Gasteiger partial charge on any atom is 0.244 e. The van der Waals surface area contributed by atoms with Crippen LogP contribution in [0.3, 0.4) is 0 Å². The molecule has 5 nitrogen and oxygen atoms in total. The van der Waals surface area contributed by atoms with E-state index in [0.717, 1.165) is 12.8 Å². The Morgan fingerprint density at radius 1 is 1.33 bits per heavy atom. The molecule has 1 fully saturated rings. The van der Waals surface area contributed by atoms with Gasteiger partial charge in [-0.3, -0.25) is 4.98 Å². The average molecular weight is 306 g/mol. The normalized spacial score (nSPS) is 20.1. The van der Waals surface area contributed by atoms with Gasteiger partial charge in [-0.2, -0.15) is 4.31 Å². The lowest BCUT2D eigenvalue weighted by Gasteiger charge is -2.24. The third kappa shape index (κ3) is 2.54. The molecule has 0 spiro atoms. The van der Waals surface area contributed by atoms with E-state index in [1.54, 1.807) is 41.9 Å². The van der Waals surface area contributed by atoms with Crippen LogP contribution in [0.5, 0.6) is 0 Å².